The lowest BCUT2D eigenvalue weighted by Crippen LogP contribution is -2.18. The molecule has 0 aliphatic carbocycles. The van der Waals surface area contributed by atoms with Crippen molar-refractivity contribution in [2.24, 2.45) is 0 Å². The van der Waals surface area contributed by atoms with Gasteiger partial charge in [-0.25, -0.2) is 0 Å². The summed E-state index contributed by atoms with van der Waals surface area (Å²) < 4.78 is 13.0. The highest BCUT2D eigenvalue weighted by atomic mass is 16.5. The van der Waals surface area contributed by atoms with E-state index in [0.29, 0.717) is 17.4 Å². The molecule has 1 aromatic carbocycles. The van der Waals surface area contributed by atoms with Crippen molar-refractivity contribution in [2.45, 2.75) is 52.0 Å². The maximum atomic E-state index is 12.3. The molecule has 2 N–H and O–H groups in total. The summed E-state index contributed by atoms with van der Waals surface area (Å²) in [7, 11) is 5.18. The van der Waals surface area contributed by atoms with Gasteiger partial charge in [-0.15, -0.1) is 0 Å². The van der Waals surface area contributed by atoms with E-state index in [9.17, 15) is 4.79 Å². The number of fused-ring (bicyclic) bond motifs is 1. The van der Waals surface area contributed by atoms with Crippen molar-refractivity contribution in [3.8, 4) is 11.5 Å². The van der Waals surface area contributed by atoms with E-state index in [-0.39, 0.29) is 11.6 Å². The first-order valence-corrected chi connectivity index (χ1v) is 11.2. The van der Waals surface area contributed by atoms with Crippen LogP contribution in [0.1, 0.15) is 49.9 Å². The van der Waals surface area contributed by atoms with Gasteiger partial charge in [0.25, 0.3) is 5.56 Å². The fraction of sp³-hybridized carbons (Fsp3) is 0.440. The van der Waals surface area contributed by atoms with E-state index in [1.807, 2.05) is 26.1 Å². The van der Waals surface area contributed by atoms with Gasteiger partial charge in [-0.05, 0) is 37.8 Å². The van der Waals surface area contributed by atoms with Gasteiger partial charge in [0, 0.05) is 42.7 Å². The van der Waals surface area contributed by atoms with Crippen molar-refractivity contribution in [1.82, 2.24) is 14.9 Å². The van der Waals surface area contributed by atoms with Crippen molar-refractivity contribution in [2.75, 3.05) is 26.6 Å². The molecule has 7 heteroatoms. The number of nitrogens with one attached hydrogen (secondary N) is 2. The summed E-state index contributed by atoms with van der Waals surface area (Å²) in [5, 5.41) is 6.64. The molecule has 32 heavy (non-hydrogen) atoms. The molecule has 172 valence electrons. The maximum absolute atomic E-state index is 12.3. The minimum atomic E-state index is -0.235. The molecule has 0 fully saturated rings. The van der Waals surface area contributed by atoms with Gasteiger partial charge in [-0.1, -0.05) is 31.6 Å². The second kappa shape index (κ2) is 10.9. The molecule has 1 unspecified atom stereocenters. The highest BCUT2D eigenvalue weighted by molar-refractivity contribution is 5.65. The minimum Gasteiger partial charge on any atom is -0.493 e. The third kappa shape index (κ3) is 5.33. The number of rotatable bonds is 10. The molecule has 3 rings (SSSR count). The molecule has 1 aliphatic rings. The third-order valence-corrected chi connectivity index (χ3v) is 5.75. The zero-order chi connectivity index (χ0) is 23.1. The Bertz CT molecular complexity index is 1060. The van der Waals surface area contributed by atoms with E-state index in [4.69, 9.17) is 9.47 Å². The van der Waals surface area contributed by atoms with Crippen LogP contribution < -0.4 is 25.7 Å². The summed E-state index contributed by atoms with van der Waals surface area (Å²) >= 11 is 0. The fourth-order valence-corrected chi connectivity index (χ4v) is 3.99. The second-order valence-corrected chi connectivity index (χ2v) is 7.93. The smallest absolute Gasteiger partial charge is 0.274 e. The standard InChI is InChI=1S/C25H34N4O3/c1-6-7-9-18(26-3)10-8-11-19-12-13-20-15-24(30)28-25(29(19)20)27-21-16-23(32-5)22(31-4)14-17(21)2/h8-9,11,14-16,19,26H,6-7,10,12-13H2,1-5H3,(H,27,28,30)/b11-8+,18-9+. The number of allylic oxidation sites excluding steroid dienone is 3. The van der Waals surface area contributed by atoms with E-state index in [0.717, 1.165) is 49.0 Å². The number of hydrogen-bond acceptors (Lipinski definition) is 6. The van der Waals surface area contributed by atoms with Gasteiger partial charge in [0.1, 0.15) is 0 Å². The Balaban J connectivity index is 1.89. The normalized spacial score (nSPS) is 15.7. The van der Waals surface area contributed by atoms with Crippen LogP contribution >= 0.6 is 0 Å². The Labute approximate surface area is 190 Å². The Morgan fingerprint density at radius 3 is 2.69 bits per heavy atom. The van der Waals surface area contributed by atoms with Crippen molar-refractivity contribution < 1.29 is 9.47 Å². The third-order valence-electron chi connectivity index (χ3n) is 5.75. The minimum absolute atomic E-state index is 0.144. The van der Waals surface area contributed by atoms with E-state index in [1.54, 1.807) is 20.3 Å². The highest BCUT2D eigenvalue weighted by Gasteiger charge is 2.24. The fourth-order valence-electron chi connectivity index (χ4n) is 3.99. The molecule has 2 aromatic rings. The average molecular weight is 439 g/mol. The molecule has 7 nitrogen and oxygen atoms in total. The van der Waals surface area contributed by atoms with Crippen LogP contribution in [0.5, 0.6) is 11.5 Å². The zero-order valence-electron chi connectivity index (χ0n) is 19.7. The number of ether oxygens (including phenoxy) is 2. The van der Waals surface area contributed by atoms with Gasteiger partial charge >= 0.3 is 0 Å². The van der Waals surface area contributed by atoms with Gasteiger partial charge in [0.15, 0.2) is 11.5 Å². The molecular formula is C25H34N4O3. The molecule has 1 aromatic heterocycles. The monoisotopic (exact) mass is 438 g/mol. The summed E-state index contributed by atoms with van der Waals surface area (Å²) in [6.07, 6.45) is 11.5. The van der Waals surface area contributed by atoms with Gasteiger partial charge in [0.05, 0.1) is 20.3 Å². The SMILES string of the molecule is CCC/C=C(\C/C=C/C1CCc2cc(=O)nc(Nc3cc(OC)c(OC)cc3C)n21)NC. The Hall–Kier alpha value is -3.22. The van der Waals surface area contributed by atoms with E-state index in [2.05, 4.69) is 45.3 Å². The molecular weight excluding hydrogens is 404 g/mol. The van der Waals surface area contributed by atoms with Gasteiger partial charge in [-0.2, -0.15) is 4.98 Å². The lowest BCUT2D eigenvalue weighted by atomic mass is 10.1. The lowest BCUT2D eigenvalue weighted by Gasteiger charge is -2.19. The molecule has 0 saturated carbocycles. The molecule has 0 bridgehead atoms. The number of methoxy groups -OCH3 is 2. The van der Waals surface area contributed by atoms with Gasteiger partial charge in [0.2, 0.25) is 5.95 Å². The largest absolute Gasteiger partial charge is 0.493 e. The Kier molecular flexibility index (Phi) is 7.98. The first-order chi connectivity index (χ1) is 15.5. The number of nitrogens with zero attached hydrogens (tertiary/aromatic N) is 2. The van der Waals surface area contributed by atoms with Crippen LogP contribution in [0.15, 0.2) is 46.9 Å². The summed E-state index contributed by atoms with van der Waals surface area (Å²) in [5.74, 6) is 1.83. The van der Waals surface area contributed by atoms with Gasteiger partial charge in [-0.3, -0.25) is 4.79 Å². The zero-order valence-corrected chi connectivity index (χ0v) is 19.7. The predicted octanol–water partition coefficient (Wildman–Crippen LogP) is 4.65. The van der Waals surface area contributed by atoms with Crippen LogP contribution in [0.4, 0.5) is 11.6 Å². The molecule has 0 spiro atoms. The lowest BCUT2D eigenvalue weighted by molar-refractivity contribution is 0.355. The molecule has 2 heterocycles. The first kappa shape index (κ1) is 23.4. The summed E-state index contributed by atoms with van der Waals surface area (Å²) in [6, 6.07) is 5.57. The van der Waals surface area contributed by atoms with Crippen molar-refractivity contribution >= 4 is 11.6 Å². The topological polar surface area (TPSA) is 77.4 Å². The van der Waals surface area contributed by atoms with Crippen molar-refractivity contribution in [1.29, 1.82) is 0 Å². The summed E-state index contributed by atoms with van der Waals surface area (Å²) in [4.78, 5) is 16.6. The quantitative estimate of drug-likeness (QED) is 0.526. The molecule has 1 aliphatic heterocycles. The molecule has 1 atom stereocenters. The van der Waals surface area contributed by atoms with Crippen LogP contribution in [0, 0.1) is 6.92 Å². The number of hydrogen-bond donors (Lipinski definition) is 2. The van der Waals surface area contributed by atoms with Crippen molar-refractivity contribution in [3.05, 3.63) is 63.7 Å². The number of benzene rings is 1. The highest BCUT2D eigenvalue weighted by Crippen LogP contribution is 2.36. The second-order valence-electron chi connectivity index (χ2n) is 7.93. The molecule has 0 amide bonds. The van der Waals surface area contributed by atoms with Crippen molar-refractivity contribution in [3.63, 3.8) is 0 Å². The van der Waals surface area contributed by atoms with E-state index < -0.39 is 0 Å². The number of anilines is 2. The first-order valence-electron chi connectivity index (χ1n) is 11.2. The van der Waals surface area contributed by atoms with Gasteiger partial charge < -0.3 is 24.7 Å². The maximum Gasteiger partial charge on any atom is 0.274 e. The molecule has 0 saturated heterocycles. The van der Waals surface area contributed by atoms with Crippen LogP contribution in [0.3, 0.4) is 0 Å². The Morgan fingerprint density at radius 1 is 1.25 bits per heavy atom. The average Bonchev–Trinajstić information content (AvgIpc) is 3.19. The van der Waals surface area contributed by atoms with Crippen LogP contribution in [-0.2, 0) is 6.42 Å². The van der Waals surface area contributed by atoms with Crippen LogP contribution in [0.2, 0.25) is 0 Å². The van der Waals surface area contributed by atoms with E-state index in [1.165, 1.54) is 5.70 Å². The van der Waals surface area contributed by atoms with Crippen LogP contribution in [-0.4, -0.2) is 30.8 Å². The number of aromatic nitrogens is 2. The predicted molar refractivity (Wildman–Crippen MR) is 129 cm³/mol. The summed E-state index contributed by atoms with van der Waals surface area (Å²) in [5.41, 5.74) is 3.78. The van der Waals surface area contributed by atoms with E-state index >= 15 is 0 Å². The molecule has 0 radical (unpaired) electrons. The summed E-state index contributed by atoms with van der Waals surface area (Å²) in [6.45, 7) is 4.16. The number of aryl methyl sites for hydroxylation is 2. The van der Waals surface area contributed by atoms with Crippen LogP contribution in [0.25, 0.3) is 0 Å². The Morgan fingerprint density at radius 2 is 2.00 bits per heavy atom. The number of unbranched alkanes of at least 4 members (excludes halogenated alkanes) is 1.